The minimum absolute atomic E-state index is 0.0212. The number of fused-ring (bicyclic) bond motifs is 10. The lowest BCUT2D eigenvalue weighted by atomic mass is 9.73. The summed E-state index contributed by atoms with van der Waals surface area (Å²) in [5.41, 5.74) is 28.3. The van der Waals surface area contributed by atoms with Crippen LogP contribution in [0.1, 0.15) is 73.9 Å². The molecule has 0 N–H and O–H groups in total. The average Bonchev–Trinajstić information content (AvgIpc) is 4.21. The molecule has 0 unspecified atom stereocenters. The van der Waals surface area contributed by atoms with E-state index in [4.69, 9.17) is 0 Å². The topological polar surface area (TPSA) is 6.48 Å². The molecule has 1 fully saturated rings. The van der Waals surface area contributed by atoms with Gasteiger partial charge < -0.3 is 9.80 Å². The molecular weight excluding hydrogens is 905 g/mol. The first-order valence-corrected chi connectivity index (χ1v) is 26.8. The molecule has 0 aromatic heterocycles. The van der Waals surface area contributed by atoms with Gasteiger partial charge in [0.25, 0.3) is 0 Å². The predicted octanol–water partition coefficient (Wildman–Crippen LogP) is 19.8. The molecule has 2 nitrogen and oxygen atoms in total. The SMILES string of the molecule is CC1(C)c2ccccc2-c2ccc(N(c3ccccc3)c3ccc(-c4ccc5c(c4)C4(CC4)c4cccc6c(-c7ccc(N(c8ccccc8)c8ccc9c(c8)C(C)(C)c8ccccc8-9)cc7)ccc-5c46)cc3)cc21. The third-order valence-corrected chi connectivity index (χ3v) is 17.7. The van der Waals surface area contributed by atoms with Gasteiger partial charge in [-0.05, 0) is 191 Å². The Morgan fingerprint density at radius 2 is 0.667 bits per heavy atom. The van der Waals surface area contributed by atoms with Crippen LogP contribution >= 0.6 is 0 Å². The second kappa shape index (κ2) is 16.1. The van der Waals surface area contributed by atoms with Crippen LogP contribution in [0.3, 0.4) is 0 Å². The summed E-state index contributed by atoms with van der Waals surface area (Å²) in [6, 6.07) is 91.1. The molecule has 1 spiro atoms. The van der Waals surface area contributed by atoms with Gasteiger partial charge in [0.15, 0.2) is 0 Å². The van der Waals surface area contributed by atoms with Crippen LogP contribution in [0.25, 0.3) is 66.4 Å². The lowest BCUT2D eigenvalue weighted by Gasteiger charge is -2.30. The van der Waals surface area contributed by atoms with E-state index >= 15 is 0 Å². The minimum atomic E-state index is -0.0834. The normalized spacial score (nSPS) is 15.1. The van der Waals surface area contributed by atoms with Gasteiger partial charge in [-0.15, -0.1) is 0 Å². The van der Waals surface area contributed by atoms with Gasteiger partial charge in [0.2, 0.25) is 0 Å². The van der Waals surface area contributed by atoms with Crippen molar-refractivity contribution < 1.29 is 0 Å². The van der Waals surface area contributed by atoms with Crippen LogP contribution in [0, 0.1) is 0 Å². The molecule has 0 radical (unpaired) electrons. The van der Waals surface area contributed by atoms with E-state index in [9.17, 15) is 0 Å². The van der Waals surface area contributed by atoms with Crippen LogP contribution in [-0.2, 0) is 16.2 Å². The van der Waals surface area contributed by atoms with Gasteiger partial charge in [0.1, 0.15) is 0 Å². The standard InChI is InChI=1S/C73H56N2/c1-71(2)64-23-13-11-20-57(64)59-38-35-54(45-67(59)71)74(50-16-7-5-8-17-50)52-31-26-47(27-32-52)49-30-37-61-63-41-40-56(62-22-15-25-66(70(62)63)73(42-43-73)69(61)44-49)48-28-33-53(34-29-48)75(51-18-9-6-10-19-51)55-36-39-60-58-21-12-14-24-65(58)72(3,4)68(60)46-55/h5-41,44-46H,42-43H2,1-4H3. The quantitative estimate of drug-likeness (QED) is 0.150. The highest BCUT2D eigenvalue weighted by Crippen LogP contribution is 2.62. The summed E-state index contributed by atoms with van der Waals surface area (Å²) >= 11 is 0. The molecule has 0 amide bonds. The van der Waals surface area contributed by atoms with Crippen molar-refractivity contribution in [2.45, 2.75) is 56.8 Å². The van der Waals surface area contributed by atoms with Crippen molar-refractivity contribution in [2.75, 3.05) is 9.80 Å². The van der Waals surface area contributed by atoms with Gasteiger partial charge in [-0.2, -0.15) is 0 Å². The zero-order chi connectivity index (χ0) is 50.2. The van der Waals surface area contributed by atoms with Crippen molar-refractivity contribution in [1.82, 2.24) is 0 Å². The molecule has 0 heterocycles. The van der Waals surface area contributed by atoms with E-state index in [2.05, 4.69) is 280 Å². The molecule has 358 valence electrons. The summed E-state index contributed by atoms with van der Waals surface area (Å²) in [7, 11) is 0. The molecule has 75 heavy (non-hydrogen) atoms. The Kier molecular flexibility index (Phi) is 9.43. The van der Waals surface area contributed by atoms with E-state index in [1.54, 1.807) is 0 Å². The van der Waals surface area contributed by atoms with Crippen LogP contribution in [0.4, 0.5) is 34.1 Å². The number of rotatable bonds is 8. The maximum atomic E-state index is 2.51. The smallest absolute Gasteiger partial charge is 0.0465 e. The van der Waals surface area contributed by atoms with E-state index in [-0.39, 0.29) is 16.2 Å². The highest BCUT2D eigenvalue weighted by Gasteiger charge is 2.50. The van der Waals surface area contributed by atoms with E-state index in [1.165, 1.54) is 111 Å². The minimum Gasteiger partial charge on any atom is -0.310 e. The highest BCUT2D eigenvalue weighted by molar-refractivity contribution is 6.10. The van der Waals surface area contributed by atoms with E-state index in [0.717, 1.165) is 35.6 Å². The zero-order valence-electron chi connectivity index (χ0n) is 42.9. The zero-order valence-corrected chi connectivity index (χ0v) is 42.9. The lowest BCUT2D eigenvalue weighted by molar-refractivity contribution is 0.660. The fourth-order valence-corrected chi connectivity index (χ4v) is 13.7. The average molecular weight is 961 g/mol. The molecule has 0 aliphatic heterocycles. The molecule has 0 saturated heterocycles. The van der Waals surface area contributed by atoms with Gasteiger partial charge >= 0.3 is 0 Å². The van der Waals surface area contributed by atoms with Crippen LogP contribution in [-0.4, -0.2) is 0 Å². The fraction of sp³-hybridized carbons (Fsp3) is 0.123. The van der Waals surface area contributed by atoms with E-state index < -0.39 is 0 Å². The molecule has 11 aromatic carbocycles. The number of para-hydroxylation sites is 2. The number of nitrogens with zero attached hydrogens (tertiary/aromatic N) is 2. The summed E-state index contributed by atoms with van der Waals surface area (Å²) in [6.45, 7) is 9.44. The van der Waals surface area contributed by atoms with Gasteiger partial charge in [0, 0.05) is 50.4 Å². The molecule has 4 aliphatic carbocycles. The molecule has 2 heteroatoms. The van der Waals surface area contributed by atoms with Gasteiger partial charge in [-0.3, -0.25) is 0 Å². The molecule has 1 saturated carbocycles. The molecule has 15 rings (SSSR count). The molecule has 11 aromatic rings. The first kappa shape index (κ1) is 43.8. The lowest BCUT2D eigenvalue weighted by Crippen LogP contribution is -2.16. The van der Waals surface area contributed by atoms with Crippen molar-refractivity contribution >= 4 is 44.9 Å². The van der Waals surface area contributed by atoms with Crippen LogP contribution in [0.2, 0.25) is 0 Å². The second-order valence-electron chi connectivity index (χ2n) is 22.5. The van der Waals surface area contributed by atoms with Gasteiger partial charge in [-0.1, -0.05) is 191 Å². The third kappa shape index (κ3) is 6.52. The maximum absolute atomic E-state index is 2.51. The van der Waals surface area contributed by atoms with Crippen LogP contribution in [0.15, 0.2) is 243 Å². The maximum Gasteiger partial charge on any atom is 0.0465 e. The summed E-state index contributed by atoms with van der Waals surface area (Å²) in [5.74, 6) is 0. The second-order valence-corrected chi connectivity index (χ2v) is 22.5. The predicted molar refractivity (Wildman–Crippen MR) is 315 cm³/mol. The Morgan fingerprint density at radius 3 is 1.21 bits per heavy atom. The Bertz CT molecular complexity index is 4100. The number of anilines is 6. The summed E-state index contributed by atoms with van der Waals surface area (Å²) in [5, 5.41) is 2.74. The molecule has 0 atom stereocenters. The van der Waals surface area contributed by atoms with Crippen molar-refractivity contribution in [3.8, 4) is 55.6 Å². The van der Waals surface area contributed by atoms with Gasteiger partial charge in [-0.25, -0.2) is 0 Å². The number of hydrogen-bond acceptors (Lipinski definition) is 2. The van der Waals surface area contributed by atoms with Crippen molar-refractivity contribution in [3.63, 3.8) is 0 Å². The highest BCUT2D eigenvalue weighted by atomic mass is 15.1. The third-order valence-electron chi connectivity index (χ3n) is 17.7. The first-order chi connectivity index (χ1) is 36.7. The Morgan fingerprint density at radius 1 is 0.267 bits per heavy atom. The largest absolute Gasteiger partial charge is 0.310 e. The number of benzene rings is 11. The Balaban J connectivity index is 0.760. The fourth-order valence-electron chi connectivity index (χ4n) is 13.7. The monoisotopic (exact) mass is 960 g/mol. The Labute approximate surface area is 440 Å². The molecule has 4 aliphatic rings. The summed E-state index contributed by atoms with van der Waals surface area (Å²) < 4.78 is 0. The van der Waals surface area contributed by atoms with Crippen LogP contribution in [0.5, 0.6) is 0 Å². The Hall–Kier alpha value is -8.72. The van der Waals surface area contributed by atoms with Gasteiger partial charge in [0.05, 0.1) is 0 Å². The molecule has 0 bridgehead atoms. The first-order valence-electron chi connectivity index (χ1n) is 26.8. The van der Waals surface area contributed by atoms with E-state index in [0.29, 0.717) is 0 Å². The van der Waals surface area contributed by atoms with Crippen molar-refractivity contribution in [1.29, 1.82) is 0 Å². The summed E-state index contributed by atoms with van der Waals surface area (Å²) in [6.07, 6.45) is 2.33. The van der Waals surface area contributed by atoms with Crippen molar-refractivity contribution in [2.24, 2.45) is 0 Å². The summed E-state index contributed by atoms with van der Waals surface area (Å²) in [4.78, 5) is 4.81. The molecular formula is C73H56N2. The van der Waals surface area contributed by atoms with E-state index in [1.807, 2.05) is 0 Å². The van der Waals surface area contributed by atoms with Crippen LogP contribution < -0.4 is 9.80 Å². The number of hydrogen-bond donors (Lipinski definition) is 0. The van der Waals surface area contributed by atoms with Crippen molar-refractivity contribution in [3.05, 3.63) is 276 Å².